The minimum Gasteiger partial charge on any atom is -0.463 e. The zero-order chi connectivity index (χ0) is 15.4. The molecular weight excluding hydrogens is 276 g/mol. The highest BCUT2D eigenvalue weighted by Crippen LogP contribution is 2.34. The molecule has 1 aromatic rings. The maximum atomic E-state index is 12.3. The number of rotatable bonds is 4. The van der Waals surface area contributed by atoms with E-state index in [0.29, 0.717) is 6.61 Å². The number of pyridine rings is 1. The van der Waals surface area contributed by atoms with Crippen LogP contribution in [0.2, 0.25) is 0 Å². The Bertz CT molecular complexity index is 599. The van der Waals surface area contributed by atoms with Gasteiger partial charge in [-0.2, -0.15) is 0 Å². The highest BCUT2D eigenvalue weighted by atomic mass is 16.5. The first-order chi connectivity index (χ1) is 10.8. The zero-order valence-corrected chi connectivity index (χ0v) is 13.0. The Labute approximate surface area is 131 Å². The van der Waals surface area contributed by atoms with E-state index in [1.54, 1.807) is 12.4 Å². The summed E-state index contributed by atoms with van der Waals surface area (Å²) in [5, 5.41) is 0. The summed E-state index contributed by atoms with van der Waals surface area (Å²) in [4.78, 5) is 18.8. The quantitative estimate of drug-likeness (QED) is 0.801. The number of aromatic nitrogens is 1. The number of allylic oxidation sites excluding steroid dienone is 3. The zero-order valence-electron chi connectivity index (χ0n) is 13.0. The summed E-state index contributed by atoms with van der Waals surface area (Å²) in [5.41, 5.74) is 4.16. The van der Waals surface area contributed by atoms with Gasteiger partial charge in [0.25, 0.3) is 0 Å². The van der Waals surface area contributed by atoms with Crippen LogP contribution in [0.15, 0.2) is 41.9 Å². The van der Waals surface area contributed by atoms with Gasteiger partial charge in [-0.05, 0) is 62.0 Å². The molecule has 4 heteroatoms. The molecule has 0 N–H and O–H groups in total. The molecule has 0 atom stereocenters. The van der Waals surface area contributed by atoms with Crippen LogP contribution in [-0.2, 0) is 9.53 Å². The summed E-state index contributed by atoms with van der Waals surface area (Å²) in [6.07, 6.45) is 9.90. The number of esters is 1. The highest BCUT2D eigenvalue weighted by molar-refractivity contribution is 6.00. The summed E-state index contributed by atoms with van der Waals surface area (Å²) < 4.78 is 5.24. The Hall–Kier alpha value is -2.10. The van der Waals surface area contributed by atoms with Crippen LogP contribution in [0.3, 0.4) is 0 Å². The fourth-order valence-electron chi connectivity index (χ4n) is 3.19. The first-order valence-corrected chi connectivity index (χ1v) is 8.05. The van der Waals surface area contributed by atoms with Gasteiger partial charge in [-0.3, -0.25) is 4.98 Å². The normalized spacial score (nSPS) is 18.4. The van der Waals surface area contributed by atoms with Gasteiger partial charge >= 0.3 is 5.97 Å². The Kier molecular flexibility index (Phi) is 4.56. The van der Waals surface area contributed by atoms with Crippen molar-refractivity contribution < 1.29 is 9.53 Å². The van der Waals surface area contributed by atoms with Crippen molar-refractivity contribution in [1.29, 1.82) is 0 Å². The van der Waals surface area contributed by atoms with E-state index in [2.05, 4.69) is 16.0 Å². The SMILES string of the molecule is CCOC(=O)C1=C(c2ccncc2)C=C(N2CCCC2)CC1. The molecule has 0 radical (unpaired) electrons. The van der Waals surface area contributed by atoms with Gasteiger partial charge in [0.05, 0.1) is 6.61 Å². The molecule has 0 unspecified atom stereocenters. The van der Waals surface area contributed by atoms with Crippen LogP contribution in [0.5, 0.6) is 0 Å². The molecule has 0 saturated carbocycles. The van der Waals surface area contributed by atoms with Crippen molar-refractivity contribution in [1.82, 2.24) is 9.88 Å². The Morgan fingerprint density at radius 1 is 1.23 bits per heavy atom. The molecule has 0 spiro atoms. The second kappa shape index (κ2) is 6.77. The lowest BCUT2D eigenvalue weighted by molar-refractivity contribution is -0.138. The van der Waals surface area contributed by atoms with Gasteiger partial charge in [0, 0.05) is 36.8 Å². The summed E-state index contributed by atoms with van der Waals surface area (Å²) in [6, 6.07) is 3.91. The molecule has 1 aliphatic carbocycles. The lowest BCUT2D eigenvalue weighted by Crippen LogP contribution is -2.22. The topological polar surface area (TPSA) is 42.4 Å². The summed E-state index contributed by atoms with van der Waals surface area (Å²) in [6.45, 7) is 4.52. The summed E-state index contributed by atoms with van der Waals surface area (Å²) in [5.74, 6) is -0.189. The van der Waals surface area contributed by atoms with Crippen molar-refractivity contribution >= 4 is 11.5 Å². The van der Waals surface area contributed by atoms with E-state index in [1.165, 1.54) is 18.5 Å². The van der Waals surface area contributed by atoms with Crippen LogP contribution in [-0.4, -0.2) is 35.5 Å². The van der Waals surface area contributed by atoms with Crippen LogP contribution >= 0.6 is 0 Å². The minimum atomic E-state index is -0.189. The molecule has 0 aromatic carbocycles. The Morgan fingerprint density at radius 3 is 2.64 bits per heavy atom. The molecule has 2 heterocycles. The van der Waals surface area contributed by atoms with Gasteiger partial charge in [0.15, 0.2) is 0 Å². The maximum absolute atomic E-state index is 12.3. The molecule has 0 bridgehead atoms. The van der Waals surface area contributed by atoms with Gasteiger partial charge in [0.2, 0.25) is 0 Å². The van der Waals surface area contributed by atoms with Gasteiger partial charge in [-0.15, -0.1) is 0 Å². The molecule has 4 nitrogen and oxygen atoms in total. The van der Waals surface area contributed by atoms with E-state index in [4.69, 9.17) is 4.74 Å². The lowest BCUT2D eigenvalue weighted by atomic mass is 9.90. The van der Waals surface area contributed by atoms with Gasteiger partial charge in [0.1, 0.15) is 0 Å². The van der Waals surface area contributed by atoms with Crippen LogP contribution in [0.1, 0.15) is 38.2 Å². The van der Waals surface area contributed by atoms with Crippen LogP contribution < -0.4 is 0 Å². The standard InChI is InChI=1S/C18H22N2O2/c1-2-22-18(21)16-6-5-15(20-11-3-4-12-20)13-17(16)14-7-9-19-10-8-14/h7-10,13H,2-6,11-12H2,1H3. The fraction of sp³-hybridized carbons (Fsp3) is 0.444. The van der Waals surface area contributed by atoms with Gasteiger partial charge in [-0.25, -0.2) is 4.79 Å². The van der Waals surface area contributed by atoms with Crippen molar-refractivity contribution in [2.45, 2.75) is 32.6 Å². The average molecular weight is 298 g/mol. The van der Waals surface area contributed by atoms with Crippen LogP contribution in [0.25, 0.3) is 5.57 Å². The fourth-order valence-corrected chi connectivity index (χ4v) is 3.19. The third-order valence-electron chi connectivity index (χ3n) is 4.29. The predicted molar refractivity (Wildman–Crippen MR) is 85.9 cm³/mol. The van der Waals surface area contributed by atoms with E-state index in [-0.39, 0.29) is 5.97 Å². The maximum Gasteiger partial charge on any atom is 0.334 e. The highest BCUT2D eigenvalue weighted by Gasteiger charge is 2.24. The first kappa shape index (κ1) is 14.8. The van der Waals surface area contributed by atoms with Crippen molar-refractivity contribution in [2.24, 2.45) is 0 Å². The molecule has 1 fully saturated rings. The Morgan fingerprint density at radius 2 is 1.95 bits per heavy atom. The number of carbonyl (C=O) groups is 1. The number of nitrogens with zero attached hydrogens (tertiary/aromatic N) is 2. The molecule has 2 aliphatic rings. The number of hydrogen-bond acceptors (Lipinski definition) is 4. The van der Waals surface area contributed by atoms with Crippen LogP contribution in [0, 0.1) is 0 Å². The third kappa shape index (κ3) is 3.06. The van der Waals surface area contributed by atoms with E-state index < -0.39 is 0 Å². The second-order valence-corrected chi connectivity index (χ2v) is 5.68. The Balaban J connectivity index is 1.98. The second-order valence-electron chi connectivity index (χ2n) is 5.68. The molecule has 1 aliphatic heterocycles. The van der Waals surface area contributed by atoms with Gasteiger partial charge in [-0.1, -0.05) is 0 Å². The van der Waals surface area contributed by atoms with Crippen molar-refractivity contribution in [2.75, 3.05) is 19.7 Å². The van der Waals surface area contributed by atoms with E-state index in [9.17, 15) is 4.79 Å². The number of carbonyl (C=O) groups excluding carboxylic acids is 1. The monoisotopic (exact) mass is 298 g/mol. The molecule has 1 aromatic heterocycles. The predicted octanol–water partition coefficient (Wildman–Crippen LogP) is 3.17. The number of hydrogen-bond donors (Lipinski definition) is 0. The molecule has 1 saturated heterocycles. The minimum absolute atomic E-state index is 0.189. The first-order valence-electron chi connectivity index (χ1n) is 8.05. The summed E-state index contributed by atoms with van der Waals surface area (Å²) >= 11 is 0. The molecule has 22 heavy (non-hydrogen) atoms. The third-order valence-corrected chi connectivity index (χ3v) is 4.29. The van der Waals surface area contributed by atoms with Crippen molar-refractivity contribution in [3.05, 3.63) is 47.4 Å². The van der Waals surface area contributed by atoms with E-state index >= 15 is 0 Å². The lowest BCUT2D eigenvalue weighted by Gasteiger charge is -2.26. The van der Waals surface area contributed by atoms with Gasteiger partial charge < -0.3 is 9.64 Å². The summed E-state index contributed by atoms with van der Waals surface area (Å²) in [7, 11) is 0. The molecule has 0 amide bonds. The molecular formula is C18H22N2O2. The van der Waals surface area contributed by atoms with E-state index in [0.717, 1.165) is 42.6 Å². The molecule has 3 rings (SSSR count). The van der Waals surface area contributed by atoms with Crippen molar-refractivity contribution in [3.8, 4) is 0 Å². The average Bonchev–Trinajstić information content (AvgIpc) is 3.10. The van der Waals surface area contributed by atoms with Crippen LogP contribution in [0.4, 0.5) is 0 Å². The number of ether oxygens (including phenoxy) is 1. The van der Waals surface area contributed by atoms with E-state index in [1.807, 2.05) is 19.1 Å². The largest absolute Gasteiger partial charge is 0.463 e. The molecule has 116 valence electrons. The number of likely N-dealkylation sites (tertiary alicyclic amines) is 1. The smallest absolute Gasteiger partial charge is 0.334 e. The van der Waals surface area contributed by atoms with Crippen molar-refractivity contribution in [3.63, 3.8) is 0 Å².